The molecule has 16 heavy (non-hydrogen) atoms. The Balaban J connectivity index is 2.23. The molecule has 1 saturated heterocycles. The molecule has 0 aliphatic carbocycles. The predicted molar refractivity (Wildman–Crippen MR) is 63.2 cm³/mol. The number of urea groups is 1. The minimum absolute atomic E-state index is 0.0217. The Morgan fingerprint density at radius 3 is 2.62 bits per heavy atom. The minimum Gasteiger partial charge on any atom is -0.268 e. The highest BCUT2D eigenvalue weighted by Gasteiger charge is 2.54. The number of imide groups is 1. The molecular weight excluding hydrogens is 224 g/mol. The van der Waals surface area contributed by atoms with Crippen molar-refractivity contribution in [2.45, 2.75) is 0 Å². The van der Waals surface area contributed by atoms with E-state index in [-0.39, 0.29) is 23.0 Å². The molecule has 0 bridgehead atoms. The fourth-order valence-corrected chi connectivity index (χ4v) is 2.80. The Hall–Kier alpha value is -1.59. The van der Waals surface area contributed by atoms with E-state index in [1.54, 1.807) is 0 Å². The van der Waals surface area contributed by atoms with Crippen LogP contribution >= 0.6 is 12.2 Å². The third-order valence-electron chi connectivity index (χ3n) is 3.13. The van der Waals surface area contributed by atoms with Gasteiger partial charge in [0.05, 0.1) is 10.4 Å². The molecule has 0 aromatic heterocycles. The number of amides is 3. The molecule has 1 aromatic rings. The van der Waals surface area contributed by atoms with Gasteiger partial charge in [-0.2, -0.15) is 4.48 Å². The van der Waals surface area contributed by atoms with E-state index in [1.165, 1.54) is 0 Å². The monoisotopic (exact) mass is 233 g/mol. The van der Waals surface area contributed by atoms with Crippen molar-refractivity contribution in [3.63, 3.8) is 0 Å². The first-order chi connectivity index (χ1) is 7.63. The van der Waals surface area contributed by atoms with Crippen molar-refractivity contribution in [2.75, 3.05) is 13.1 Å². The second kappa shape index (κ2) is 2.96. The SMILES string of the molecule is O=C1C[N+]2(CC(=S)c3ccccc32)C(=O)N1. The van der Waals surface area contributed by atoms with Crippen LogP contribution in [0.25, 0.3) is 0 Å². The summed E-state index contributed by atoms with van der Waals surface area (Å²) in [7, 11) is 0. The topological polar surface area (TPSA) is 46.2 Å². The van der Waals surface area contributed by atoms with Crippen LogP contribution in [0.4, 0.5) is 10.5 Å². The number of para-hydroxylation sites is 1. The van der Waals surface area contributed by atoms with Gasteiger partial charge in [0.1, 0.15) is 6.54 Å². The number of hydrogen-bond donors (Lipinski definition) is 1. The lowest BCUT2D eigenvalue weighted by Crippen LogP contribution is -2.51. The van der Waals surface area contributed by atoms with E-state index in [9.17, 15) is 9.59 Å². The summed E-state index contributed by atoms with van der Waals surface area (Å²) in [4.78, 5) is 24.0. The number of hydrogen-bond acceptors (Lipinski definition) is 3. The van der Waals surface area contributed by atoms with Crippen molar-refractivity contribution in [1.29, 1.82) is 0 Å². The molecule has 0 radical (unpaired) electrons. The average Bonchev–Trinajstić information content (AvgIpc) is 2.69. The van der Waals surface area contributed by atoms with Gasteiger partial charge in [-0.05, 0) is 6.07 Å². The van der Waals surface area contributed by atoms with Gasteiger partial charge in [-0.3, -0.25) is 4.79 Å². The van der Waals surface area contributed by atoms with Crippen LogP contribution in [0.1, 0.15) is 5.56 Å². The van der Waals surface area contributed by atoms with Crippen LogP contribution in [-0.4, -0.2) is 29.9 Å². The standard InChI is InChI=1S/C11H8N2O2S/c14-10-6-13(11(15)12-10)5-9(16)7-3-1-2-4-8(7)13/h1-4H,5-6H2/p+1. The number of carbonyl (C=O) groups excluding carboxylic acids is 2. The molecule has 0 saturated carbocycles. The van der Waals surface area contributed by atoms with Gasteiger partial charge in [-0.1, -0.05) is 24.4 Å². The molecule has 1 spiro atoms. The van der Waals surface area contributed by atoms with Crippen LogP contribution in [0, 0.1) is 0 Å². The lowest BCUT2D eigenvalue weighted by Gasteiger charge is -2.22. The van der Waals surface area contributed by atoms with E-state index >= 15 is 0 Å². The maximum Gasteiger partial charge on any atom is 0.429 e. The van der Waals surface area contributed by atoms with Crippen LogP contribution in [0.2, 0.25) is 0 Å². The molecule has 5 heteroatoms. The van der Waals surface area contributed by atoms with Gasteiger partial charge in [0.15, 0.2) is 12.2 Å². The van der Waals surface area contributed by atoms with Gasteiger partial charge in [0.2, 0.25) is 0 Å². The van der Waals surface area contributed by atoms with Crippen LogP contribution in [0.3, 0.4) is 0 Å². The normalized spacial score (nSPS) is 27.4. The van der Waals surface area contributed by atoms with E-state index in [4.69, 9.17) is 12.2 Å². The summed E-state index contributed by atoms with van der Waals surface area (Å²) in [5, 5.41) is 2.35. The molecule has 80 valence electrons. The number of carbonyl (C=O) groups is 2. The van der Waals surface area contributed by atoms with Crippen molar-refractivity contribution < 1.29 is 9.59 Å². The largest absolute Gasteiger partial charge is 0.429 e. The van der Waals surface area contributed by atoms with E-state index in [2.05, 4.69) is 5.32 Å². The zero-order chi connectivity index (χ0) is 11.3. The lowest BCUT2D eigenvalue weighted by molar-refractivity contribution is -0.118. The third-order valence-corrected chi connectivity index (χ3v) is 3.48. The smallest absolute Gasteiger partial charge is 0.268 e. The van der Waals surface area contributed by atoms with Crippen LogP contribution in [0.15, 0.2) is 24.3 Å². The summed E-state index contributed by atoms with van der Waals surface area (Å²) < 4.78 is 0.0217. The molecule has 3 amide bonds. The molecule has 4 nitrogen and oxygen atoms in total. The maximum absolute atomic E-state index is 11.9. The molecule has 3 rings (SSSR count). The minimum atomic E-state index is -0.266. The molecule has 1 aromatic carbocycles. The quantitative estimate of drug-likeness (QED) is 0.413. The van der Waals surface area contributed by atoms with Gasteiger partial charge >= 0.3 is 6.03 Å². The summed E-state index contributed by atoms with van der Waals surface area (Å²) in [5.41, 5.74) is 1.76. The van der Waals surface area contributed by atoms with Crippen molar-refractivity contribution in [1.82, 2.24) is 9.80 Å². The Bertz CT molecular complexity index is 541. The molecule has 2 heterocycles. The summed E-state index contributed by atoms with van der Waals surface area (Å²) in [6, 6.07) is 7.26. The number of nitrogens with zero attached hydrogens (tertiary/aromatic N) is 1. The van der Waals surface area contributed by atoms with E-state index < -0.39 is 0 Å². The lowest BCUT2D eigenvalue weighted by atomic mass is 10.2. The van der Waals surface area contributed by atoms with Crippen molar-refractivity contribution in [3.05, 3.63) is 29.8 Å². The van der Waals surface area contributed by atoms with E-state index in [0.29, 0.717) is 6.54 Å². The van der Waals surface area contributed by atoms with Crippen LogP contribution in [0.5, 0.6) is 0 Å². The molecule has 2 aliphatic heterocycles. The Morgan fingerprint density at radius 2 is 1.94 bits per heavy atom. The number of rotatable bonds is 0. The van der Waals surface area contributed by atoms with E-state index in [0.717, 1.165) is 16.1 Å². The highest BCUT2D eigenvalue weighted by atomic mass is 32.1. The van der Waals surface area contributed by atoms with Crippen molar-refractivity contribution in [3.8, 4) is 0 Å². The van der Waals surface area contributed by atoms with Crippen LogP contribution in [-0.2, 0) is 4.79 Å². The highest BCUT2D eigenvalue weighted by Crippen LogP contribution is 2.36. The van der Waals surface area contributed by atoms with Gasteiger partial charge in [-0.15, -0.1) is 0 Å². The van der Waals surface area contributed by atoms with Gasteiger partial charge in [0.25, 0.3) is 5.91 Å². The average molecular weight is 233 g/mol. The van der Waals surface area contributed by atoms with Crippen molar-refractivity contribution in [2.24, 2.45) is 0 Å². The first kappa shape index (κ1) is 9.62. The molecule has 1 unspecified atom stereocenters. The Morgan fingerprint density at radius 1 is 1.19 bits per heavy atom. The fourth-order valence-electron chi connectivity index (χ4n) is 2.40. The summed E-state index contributed by atoms with van der Waals surface area (Å²) in [5.74, 6) is -0.232. The fraction of sp³-hybridized carbons (Fsp3) is 0.182. The number of nitrogens with one attached hydrogen (secondary N) is 1. The zero-order valence-electron chi connectivity index (χ0n) is 8.40. The number of quaternary nitrogens is 1. The summed E-state index contributed by atoms with van der Waals surface area (Å²) >= 11 is 5.27. The maximum atomic E-state index is 11.9. The molecular formula is C11H9N2O2S+. The third kappa shape index (κ3) is 1.04. The summed E-state index contributed by atoms with van der Waals surface area (Å²) in [6.07, 6.45) is 0. The highest BCUT2D eigenvalue weighted by molar-refractivity contribution is 7.81. The van der Waals surface area contributed by atoms with Crippen LogP contribution < -0.4 is 9.80 Å². The predicted octanol–water partition coefficient (Wildman–Crippen LogP) is 0.975. The van der Waals surface area contributed by atoms with Crippen molar-refractivity contribution >= 4 is 34.7 Å². The summed E-state index contributed by atoms with van der Waals surface area (Å²) in [6.45, 7) is 0.586. The first-order valence-corrected chi connectivity index (χ1v) is 5.38. The van der Waals surface area contributed by atoms with Gasteiger partial charge in [0, 0.05) is 6.07 Å². The second-order valence-electron chi connectivity index (χ2n) is 4.08. The van der Waals surface area contributed by atoms with Gasteiger partial charge < -0.3 is 0 Å². The Labute approximate surface area is 97.4 Å². The molecule has 2 aliphatic rings. The van der Waals surface area contributed by atoms with E-state index in [1.807, 2.05) is 24.3 Å². The zero-order valence-corrected chi connectivity index (χ0v) is 9.21. The molecule has 1 N–H and O–H groups in total. The first-order valence-electron chi connectivity index (χ1n) is 4.98. The Kier molecular flexibility index (Phi) is 1.78. The number of fused-ring (bicyclic) bond motifs is 2. The van der Waals surface area contributed by atoms with Gasteiger partial charge in [-0.25, -0.2) is 10.1 Å². The molecule has 1 atom stereocenters. The number of benzene rings is 1. The molecule has 1 fully saturated rings. The second-order valence-corrected chi connectivity index (χ2v) is 4.57. The number of thiocarbonyl (C=S) groups is 1.